The smallest absolute Gasteiger partial charge is 0.123 e. The normalized spacial score (nSPS) is 21.8. The molecule has 1 aliphatic rings. The van der Waals surface area contributed by atoms with E-state index in [4.69, 9.17) is 4.74 Å². The fourth-order valence-electron chi connectivity index (χ4n) is 2.38. The van der Waals surface area contributed by atoms with Crippen molar-refractivity contribution in [1.82, 2.24) is 5.32 Å². The predicted octanol–water partition coefficient (Wildman–Crippen LogP) is 2.77. The van der Waals surface area contributed by atoms with E-state index in [2.05, 4.69) is 12.2 Å². The molecule has 2 nitrogen and oxygen atoms in total. The first-order chi connectivity index (χ1) is 8.74. The molecule has 1 aromatic carbocycles. The minimum absolute atomic E-state index is 0.168. The van der Waals surface area contributed by atoms with Crippen molar-refractivity contribution in [1.29, 1.82) is 0 Å². The van der Waals surface area contributed by atoms with Gasteiger partial charge in [-0.3, -0.25) is 0 Å². The average molecular weight is 251 g/mol. The highest BCUT2D eigenvalue weighted by Crippen LogP contribution is 2.13. The lowest BCUT2D eigenvalue weighted by Crippen LogP contribution is -2.35. The number of ether oxygens (including phenoxy) is 1. The van der Waals surface area contributed by atoms with E-state index in [0.29, 0.717) is 12.0 Å². The van der Waals surface area contributed by atoms with Crippen LogP contribution in [0.5, 0.6) is 0 Å². The molecule has 2 rings (SSSR count). The van der Waals surface area contributed by atoms with E-state index in [1.807, 2.05) is 12.1 Å². The van der Waals surface area contributed by atoms with Gasteiger partial charge in [0, 0.05) is 19.2 Å². The minimum atomic E-state index is -0.168. The van der Waals surface area contributed by atoms with Gasteiger partial charge in [0.1, 0.15) is 5.82 Å². The molecule has 2 unspecified atom stereocenters. The van der Waals surface area contributed by atoms with Gasteiger partial charge >= 0.3 is 0 Å². The monoisotopic (exact) mass is 251 g/mol. The molecule has 1 aliphatic heterocycles. The maximum atomic E-state index is 12.8. The summed E-state index contributed by atoms with van der Waals surface area (Å²) in [5, 5.41) is 3.54. The molecule has 0 radical (unpaired) electrons. The molecule has 1 N–H and O–H groups in total. The van der Waals surface area contributed by atoms with Crippen molar-refractivity contribution >= 4 is 0 Å². The van der Waals surface area contributed by atoms with Crippen LogP contribution in [0.3, 0.4) is 0 Å². The van der Waals surface area contributed by atoms with Crippen LogP contribution in [0.15, 0.2) is 24.3 Å². The molecule has 0 saturated carbocycles. The van der Waals surface area contributed by atoms with E-state index in [9.17, 15) is 4.39 Å². The second kappa shape index (κ2) is 6.86. The molecule has 100 valence electrons. The zero-order valence-electron chi connectivity index (χ0n) is 11.0. The zero-order valence-corrected chi connectivity index (χ0v) is 11.0. The maximum Gasteiger partial charge on any atom is 0.123 e. The third-order valence-corrected chi connectivity index (χ3v) is 3.46. The van der Waals surface area contributed by atoms with Crippen LogP contribution in [0, 0.1) is 11.7 Å². The summed E-state index contributed by atoms with van der Waals surface area (Å²) in [6, 6.07) is 7.18. The summed E-state index contributed by atoms with van der Waals surface area (Å²) in [5.41, 5.74) is 1.18. The highest BCUT2D eigenvalue weighted by Gasteiger charge is 2.14. The van der Waals surface area contributed by atoms with Gasteiger partial charge < -0.3 is 10.1 Å². The van der Waals surface area contributed by atoms with Crippen molar-refractivity contribution in [3.8, 4) is 0 Å². The predicted molar refractivity (Wildman–Crippen MR) is 71.1 cm³/mol. The average Bonchev–Trinajstić information content (AvgIpc) is 2.40. The van der Waals surface area contributed by atoms with Crippen molar-refractivity contribution in [3.63, 3.8) is 0 Å². The van der Waals surface area contributed by atoms with Crippen molar-refractivity contribution in [2.45, 2.75) is 32.2 Å². The SMILES string of the molecule is CC(Cc1ccc(F)cc1)NCC1CCCOC1. The summed E-state index contributed by atoms with van der Waals surface area (Å²) in [6.07, 6.45) is 3.38. The fourth-order valence-corrected chi connectivity index (χ4v) is 2.38. The van der Waals surface area contributed by atoms with Crippen molar-refractivity contribution in [3.05, 3.63) is 35.6 Å². The summed E-state index contributed by atoms with van der Waals surface area (Å²) in [6.45, 7) is 4.99. The number of halogens is 1. The highest BCUT2D eigenvalue weighted by molar-refractivity contribution is 5.16. The van der Waals surface area contributed by atoms with E-state index in [0.717, 1.165) is 26.2 Å². The van der Waals surface area contributed by atoms with Crippen LogP contribution in [0.25, 0.3) is 0 Å². The summed E-state index contributed by atoms with van der Waals surface area (Å²) in [7, 11) is 0. The van der Waals surface area contributed by atoms with Crippen LogP contribution in [0.1, 0.15) is 25.3 Å². The fraction of sp³-hybridized carbons (Fsp3) is 0.600. The van der Waals surface area contributed by atoms with Crippen LogP contribution in [0.2, 0.25) is 0 Å². The quantitative estimate of drug-likeness (QED) is 0.869. The van der Waals surface area contributed by atoms with E-state index >= 15 is 0 Å². The molecule has 0 aliphatic carbocycles. The largest absolute Gasteiger partial charge is 0.381 e. The first-order valence-electron chi connectivity index (χ1n) is 6.79. The Morgan fingerprint density at radius 3 is 2.83 bits per heavy atom. The lowest BCUT2D eigenvalue weighted by Gasteiger charge is -2.24. The molecule has 0 spiro atoms. The zero-order chi connectivity index (χ0) is 12.8. The van der Waals surface area contributed by atoms with Crippen molar-refractivity contribution < 1.29 is 9.13 Å². The van der Waals surface area contributed by atoms with Crippen LogP contribution in [-0.4, -0.2) is 25.8 Å². The molecule has 1 heterocycles. The Labute approximate surface area is 109 Å². The first kappa shape index (κ1) is 13.5. The summed E-state index contributed by atoms with van der Waals surface area (Å²) < 4.78 is 18.2. The molecule has 3 heteroatoms. The van der Waals surface area contributed by atoms with Gasteiger partial charge in [0.15, 0.2) is 0 Å². The lowest BCUT2D eigenvalue weighted by molar-refractivity contribution is 0.0540. The molecule has 2 atom stereocenters. The molecule has 18 heavy (non-hydrogen) atoms. The third-order valence-electron chi connectivity index (χ3n) is 3.46. The van der Waals surface area contributed by atoms with Crippen LogP contribution in [0.4, 0.5) is 4.39 Å². The van der Waals surface area contributed by atoms with Crippen molar-refractivity contribution in [2.24, 2.45) is 5.92 Å². The third kappa shape index (κ3) is 4.39. The first-order valence-corrected chi connectivity index (χ1v) is 6.79. The number of benzene rings is 1. The van der Waals surface area contributed by atoms with Crippen LogP contribution in [-0.2, 0) is 11.2 Å². The second-order valence-corrected chi connectivity index (χ2v) is 5.22. The second-order valence-electron chi connectivity index (χ2n) is 5.22. The molecule has 1 aromatic rings. The standard InChI is InChI=1S/C15H22FNO/c1-12(9-13-4-6-15(16)7-5-13)17-10-14-3-2-8-18-11-14/h4-7,12,14,17H,2-3,8-11H2,1H3. The number of nitrogens with one attached hydrogen (secondary N) is 1. The molecular weight excluding hydrogens is 229 g/mol. The topological polar surface area (TPSA) is 21.3 Å². The van der Waals surface area contributed by atoms with Crippen LogP contribution >= 0.6 is 0 Å². The molecular formula is C15H22FNO. The Morgan fingerprint density at radius 2 is 2.17 bits per heavy atom. The molecule has 1 fully saturated rings. The Morgan fingerprint density at radius 1 is 1.39 bits per heavy atom. The molecule has 0 amide bonds. The number of rotatable bonds is 5. The minimum Gasteiger partial charge on any atom is -0.381 e. The lowest BCUT2D eigenvalue weighted by atomic mass is 10.0. The van der Waals surface area contributed by atoms with Gasteiger partial charge in [0.25, 0.3) is 0 Å². The Hall–Kier alpha value is -0.930. The summed E-state index contributed by atoms with van der Waals surface area (Å²) >= 11 is 0. The van der Waals surface area contributed by atoms with Crippen molar-refractivity contribution in [2.75, 3.05) is 19.8 Å². The Balaban J connectivity index is 1.71. The van der Waals surface area contributed by atoms with Gasteiger partial charge in [-0.2, -0.15) is 0 Å². The molecule has 0 bridgehead atoms. The number of hydrogen-bond donors (Lipinski definition) is 1. The van der Waals surface area contributed by atoms with Gasteiger partial charge in [0.05, 0.1) is 6.61 Å². The summed E-state index contributed by atoms with van der Waals surface area (Å²) in [4.78, 5) is 0. The van der Waals surface area contributed by atoms with E-state index in [1.165, 1.54) is 30.5 Å². The van der Waals surface area contributed by atoms with Gasteiger partial charge in [-0.15, -0.1) is 0 Å². The van der Waals surface area contributed by atoms with Gasteiger partial charge in [-0.1, -0.05) is 12.1 Å². The van der Waals surface area contributed by atoms with Gasteiger partial charge in [-0.05, 0) is 49.8 Å². The molecule has 0 aromatic heterocycles. The van der Waals surface area contributed by atoms with E-state index < -0.39 is 0 Å². The maximum absolute atomic E-state index is 12.8. The van der Waals surface area contributed by atoms with Gasteiger partial charge in [-0.25, -0.2) is 4.39 Å². The molecule has 1 saturated heterocycles. The highest BCUT2D eigenvalue weighted by atomic mass is 19.1. The summed E-state index contributed by atoms with van der Waals surface area (Å²) in [5.74, 6) is 0.480. The van der Waals surface area contributed by atoms with Gasteiger partial charge in [0.2, 0.25) is 0 Å². The van der Waals surface area contributed by atoms with E-state index in [1.54, 1.807) is 0 Å². The van der Waals surface area contributed by atoms with Crippen LogP contribution < -0.4 is 5.32 Å². The van der Waals surface area contributed by atoms with E-state index in [-0.39, 0.29) is 5.82 Å². The Kier molecular flexibility index (Phi) is 5.14. The number of hydrogen-bond acceptors (Lipinski definition) is 2. The Bertz CT molecular complexity index is 346.